The molecule has 1 saturated heterocycles. The summed E-state index contributed by atoms with van der Waals surface area (Å²) in [6.07, 6.45) is 4.41. The van der Waals surface area contributed by atoms with E-state index in [1.54, 1.807) is 0 Å². The summed E-state index contributed by atoms with van der Waals surface area (Å²) in [7, 11) is 0. The van der Waals surface area contributed by atoms with Crippen molar-refractivity contribution in [3.05, 3.63) is 36.2 Å². The molecule has 0 spiro atoms. The van der Waals surface area contributed by atoms with Gasteiger partial charge in [0.2, 0.25) is 5.91 Å². The first kappa shape index (κ1) is 15.7. The van der Waals surface area contributed by atoms with Gasteiger partial charge in [0.15, 0.2) is 5.82 Å². The van der Waals surface area contributed by atoms with Gasteiger partial charge >= 0.3 is 0 Å². The Morgan fingerprint density at radius 3 is 2.96 bits per heavy atom. The van der Waals surface area contributed by atoms with Crippen molar-refractivity contribution in [3.63, 3.8) is 0 Å². The number of amides is 1. The Bertz CT molecular complexity index is 621. The molecule has 0 aliphatic carbocycles. The van der Waals surface area contributed by atoms with Gasteiger partial charge in [0.1, 0.15) is 5.82 Å². The molecule has 0 radical (unpaired) electrons. The highest BCUT2D eigenvalue weighted by molar-refractivity contribution is 5.76. The van der Waals surface area contributed by atoms with Gasteiger partial charge < -0.3 is 10.1 Å². The summed E-state index contributed by atoms with van der Waals surface area (Å²) in [4.78, 5) is 16.3. The van der Waals surface area contributed by atoms with E-state index in [1.165, 1.54) is 0 Å². The van der Waals surface area contributed by atoms with Gasteiger partial charge in [-0.15, -0.1) is 0 Å². The Balaban J connectivity index is 1.42. The average molecular weight is 314 g/mol. The van der Waals surface area contributed by atoms with E-state index < -0.39 is 0 Å². The molecule has 0 saturated carbocycles. The van der Waals surface area contributed by atoms with Gasteiger partial charge in [0.25, 0.3) is 0 Å². The zero-order chi connectivity index (χ0) is 15.9. The molecule has 1 fully saturated rings. The molecule has 0 bridgehead atoms. The number of nitrogens with zero attached hydrogens (tertiary/aromatic N) is 2. The minimum atomic E-state index is 0.0414. The van der Waals surface area contributed by atoms with Crippen LogP contribution in [-0.2, 0) is 16.0 Å². The van der Waals surface area contributed by atoms with Gasteiger partial charge in [-0.25, -0.2) is 4.98 Å². The van der Waals surface area contributed by atoms with Crippen molar-refractivity contribution >= 4 is 5.91 Å². The minimum absolute atomic E-state index is 0.0414. The Kier molecular flexibility index (Phi) is 5.37. The number of carbonyl (C=O) groups is 1. The van der Waals surface area contributed by atoms with Crippen LogP contribution in [0.25, 0.3) is 11.4 Å². The van der Waals surface area contributed by atoms with E-state index in [4.69, 9.17) is 4.74 Å². The van der Waals surface area contributed by atoms with Crippen LogP contribution in [0.5, 0.6) is 0 Å². The Hall–Kier alpha value is -2.21. The summed E-state index contributed by atoms with van der Waals surface area (Å²) < 4.78 is 5.58. The van der Waals surface area contributed by atoms with Crippen LogP contribution in [0, 0.1) is 0 Å². The fraction of sp³-hybridized carbons (Fsp3) is 0.471. The van der Waals surface area contributed by atoms with E-state index in [9.17, 15) is 4.79 Å². The van der Waals surface area contributed by atoms with Crippen molar-refractivity contribution in [2.24, 2.45) is 0 Å². The molecule has 2 heterocycles. The number of hydrogen-bond acceptors (Lipinski definition) is 4. The van der Waals surface area contributed by atoms with Crippen LogP contribution in [-0.4, -0.2) is 40.3 Å². The van der Waals surface area contributed by atoms with Crippen LogP contribution in [0.1, 0.15) is 31.5 Å². The van der Waals surface area contributed by atoms with E-state index in [0.717, 1.165) is 37.3 Å². The predicted molar refractivity (Wildman–Crippen MR) is 86.7 cm³/mol. The fourth-order valence-electron chi connectivity index (χ4n) is 2.69. The lowest BCUT2D eigenvalue weighted by atomic mass is 10.1. The largest absolute Gasteiger partial charge is 0.378 e. The third kappa shape index (κ3) is 4.63. The molecule has 23 heavy (non-hydrogen) atoms. The summed E-state index contributed by atoms with van der Waals surface area (Å²) in [6.45, 7) is 1.33. The molecule has 6 heteroatoms. The number of hydrogen-bond donors (Lipinski definition) is 2. The molecule has 1 aromatic carbocycles. The highest BCUT2D eigenvalue weighted by Crippen LogP contribution is 2.15. The lowest BCUT2D eigenvalue weighted by Gasteiger charge is -2.21. The molecular formula is C17H22N4O2. The van der Waals surface area contributed by atoms with Gasteiger partial charge in [-0.2, -0.15) is 5.10 Å². The highest BCUT2D eigenvalue weighted by Gasteiger charge is 2.17. The number of aromatic amines is 1. The van der Waals surface area contributed by atoms with E-state index >= 15 is 0 Å². The predicted octanol–water partition coefficient (Wildman–Crippen LogP) is 2.09. The minimum Gasteiger partial charge on any atom is -0.378 e. The smallest absolute Gasteiger partial charge is 0.222 e. The summed E-state index contributed by atoms with van der Waals surface area (Å²) in [6, 6.07) is 9.82. The second kappa shape index (κ2) is 7.87. The molecule has 1 aliphatic heterocycles. The molecule has 1 atom stereocenters. The second-order valence-corrected chi connectivity index (χ2v) is 5.76. The fourth-order valence-corrected chi connectivity index (χ4v) is 2.69. The first-order chi connectivity index (χ1) is 11.3. The van der Waals surface area contributed by atoms with E-state index in [1.807, 2.05) is 30.3 Å². The Labute approximate surface area is 135 Å². The molecule has 6 nitrogen and oxygen atoms in total. The standard InChI is InChI=1S/C17H22N4O2/c22-16(12-14-8-4-5-11-23-14)18-10-9-15-19-17(21-20-15)13-6-2-1-3-7-13/h1-3,6-7,14H,4-5,8-12H2,(H,18,22)(H,19,20,21). The lowest BCUT2D eigenvalue weighted by Crippen LogP contribution is -2.31. The van der Waals surface area contributed by atoms with Gasteiger partial charge in [-0.3, -0.25) is 9.89 Å². The number of carbonyl (C=O) groups excluding carboxylic acids is 1. The molecule has 1 amide bonds. The van der Waals surface area contributed by atoms with E-state index in [-0.39, 0.29) is 12.0 Å². The molecule has 122 valence electrons. The lowest BCUT2D eigenvalue weighted by molar-refractivity contribution is -0.124. The summed E-state index contributed by atoms with van der Waals surface area (Å²) in [5.74, 6) is 1.50. The van der Waals surface area contributed by atoms with E-state index in [0.29, 0.717) is 25.2 Å². The molecule has 3 rings (SSSR count). The van der Waals surface area contributed by atoms with E-state index in [2.05, 4.69) is 20.5 Å². The van der Waals surface area contributed by atoms with Crippen molar-refractivity contribution in [3.8, 4) is 11.4 Å². The Morgan fingerprint density at radius 2 is 2.17 bits per heavy atom. The molecule has 1 aliphatic rings. The first-order valence-electron chi connectivity index (χ1n) is 8.16. The van der Waals surface area contributed by atoms with Crippen LogP contribution >= 0.6 is 0 Å². The number of benzene rings is 1. The summed E-state index contributed by atoms with van der Waals surface area (Å²) in [5, 5.41) is 10.1. The van der Waals surface area contributed by atoms with Crippen LogP contribution in [0.2, 0.25) is 0 Å². The first-order valence-corrected chi connectivity index (χ1v) is 8.16. The Morgan fingerprint density at radius 1 is 1.30 bits per heavy atom. The highest BCUT2D eigenvalue weighted by atomic mass is 16.5. The monoisotopic (exact) mass is 314 g/mol. The zero-order valence-electron chi connectivity index (χ0n) is 13.1. The summed E-state index contributed by atoms with van der Waals surface area (Å²) in [5.41, 5.74) is 0.980. The van der Waals surface area contributed by atoms with Crippen LogP contribution in [0.3, 0.4) is 0 Å². The number of nitrogens with one attached hydrogen (secondary N) is 2. The third-order valence-electron chi connectivity index (χ3n) is 3.93. The maximum absolute atomic E-state index is 11.9. The van der Waals surface area contributed by atoms with Gasteiger partial charge in [0.05, 0.1) is 12.5 Å². The maximum atomic E-state index is 11.9. The molecule has 2 aromatic rings. The molecule has 2 N–H and O–H groups in total. The topological polar surface area (TPSA) is 79.9 Å². The number of rotatable bonds is 6. The van der Waals surface area contributed by atoms with Crippen LogP contribution < -0.4 is 5.32 Å². The van der Waals surface area contributed by atoms with Gasteiger partial charge in [-0.1, -0.05) is 30.3 Å². The van der Waals surface area contributed by atoms with Crippen molar-refractivity contribution in [1.82, 2.24) is 20.5 Å². The molecule has 1 aromatic heterocycles. The average Bonchev–Trinajstić information content (AvgIpc) is 3.05. The van der Waals surface area contributed by atoms with Crippen molar-refractivity contribution in [2.75, 3.05) is 13.2 Å². The van der Waals surface area contributed by atoms with Gasteiger partial charge in [-0.05, 0) is 19.3 Å². The van der Waals surface area contributed by atoms with Crippen LogP contribution in [0.15, 0.2) is 30.3 Å². The van der Waals surface area contributed by atoms with Crippen molar-refractivity contribution in [2.45, 2.75) is 38.2 Å². The SMILES string of the molecule is O=C(CC1CCCCO1)NCCc1nc(-c2ccccc2)n[nH]1. The zero-order valence-corrected chi connectivity index (χ0v) is 13.1. The normalized spacial score (nSPS) is 17.8. The van der Waals surface area contributed by atoms with Crippen LogP contribution in [0.4, 0.5) is 0 Å². The number of H-pyrrole nitrogens is 1. The third-order valence-corrected chi connectivity index (χ3v) is 3.93. The summed E-state index contributed by atoms with van der Waals surface area (Å²) >= 11 is 0. The molecular weight excluding hydrogens is 292 g/mol. The number of ether oxygens (including phenoxy) is 1. The molecule has 1 unspecified atom stereocenters. The quantitative estimate of drug-likeness (QED) is 0.855. The second-order valence-electron chi connectivity index (χ2n) is 5.76. The number of aromatic nitrogens is 3. The van der Waals surface area contributed by atoms with Gasteiger partial charge in [0, 0.05) is 25.1 Å². The van der Waals surface area contributed by atoms with Crippen molar-refractivity contribution < 1.29 is 9.53 Å². The van der Waals surface area contributed by atoms with Crippen molar-refractivity contribution in [1.29, 1.82) is 0 Å². The maximum Gasteiger partial charge on any atom is 0.222 e.